The summed E-state index contributed by atoms with van der Waals surface area (Å²) in [5.74, 6) is 0.398. The number of ether oxygens (including phenoxy) is 1. The van der Waals surface area contributed by atoms with Crippen molar-refractivity contribution in [2.75, 3.05) is 12.9 Å². The van der Waals surface area contributed by atoms with Crippen molar-refractivity contribution in [1.29, 1.82) is 0 Å². The van der Waals surface area contributed by atoms with Crippen LogP contribution < -0.4 is 0 Å². The smallest absolute Gasteiger partial charge is 0.316 e. The van der Waals surface area contributed by atoms with E-state index in [-0.39, 0.29) is 23.4 Å². The quantitative estimate of drug-likeness (QED) is 0.506. The van der Waals surface area contributed by atoms with E-state index in [0.717, 1.165) is 11.3 Å². The lowest BCUT2D eigenvalue weighted by atomic mass is 9.82. The van der Waals surface area contributed by atoms with Gasteiger partial charge in [0.05, 0.1) is 24.1 Å². The minimum atomic E-state index is -0.345. The number of carbonyl (C=O) groups excluding carboxylic acids is 2. The van der Waals surface area contributed by atoms with Crippen LogP contribution in [0.15, 0.2) is 35.6 Å². The molecular weight excluding hydrogens is 364 g/mol. The standard InChI is InChI=1S/C19H18N4O3S/c1-11-3-5-12(6-4-11)13-7-15-14(16(24)8-13)9-23-18(20-15)21-19(22-23)27-10-17(25)26-2/h3-6,9,13H,7-8,10H2,1-2H3. The summed E-state index contributed by atoms with van der Waals surface area (Å²) in [5, 5.41) is 4.72. The normalized spacial score (nSPS) is 16.4. The molecule has 1 atom stereocenters. The second kappa shape index (κ2) is 7.11. The van der Waals surface area contributed by atoms with Crippen molar-refractivity contribution in [2.45, 2.75) is 30.8 Å². The number of esters is 1. The van der Waals surface area contributed by atoms with Crippen LogP contribution >= 0.6 is 11.8 Å². The van der Waals surface area contributed by atoms with Crippen molar-refractivity contribution in [3.63, 3.8) is 0 Å². The first-order valence-electron chi connectivity index (χ1n) is 8.59. The number of ketones is 1. The van der Waals surface area contributed by atoms with Crippen LogP contribution in [0.1, 0.15) is 39.5 Å². The molecule has 0 N–H and O–H groups in total. The molecule has 4 rings (SSSR count). The van der Waals surface area contributed by atoms with E-state index < -0.39 is 0 Å². The molecule has 1 aromatic carbocycles. The van der Waals surface area contributed by atoms with Crippen LogP contribution in [0.2, 0.25) is 0 Å². The molecule has 0 fully saturated rings. The lowest BCUT2D eigenvalue weighted by molar-refractivity contribution is -0.137. The Labute approximate surface area is 160 Å². The van der Waals surface area contributed by atoms with Crippen LogP contribution in [0.5, 0.6) is 0 Å². The number of benzene rings is 1. The molecule has 0 aliphatic heterocycles. The van der Waals surface area contributed by atoms with Crippen molar-refractivity contribution in [3.05, 3.63) is 52.8 Å². The van der Waals surface area contributed by atoms with Crippen LogP contribution in [0, 0.1) is 6.92 Å². The number of hydrogen-bond donors (Lipinski definition) is 0. The van der Waals surface area contributed by atoms with Gasteiger partial charge in [-0.3, -0.25) is 9.59 Å². The molecule has 1 aliphatic carbocycles. The topological polar surface area (TPSA) is 86.4 Å². The molecule has 0 spiro atoms. The predicted octanol–water partition coefficient (Wildman–Crippen LogP) is 2.61. The average Bonchev–Trinajstić information content (AvgIpc) is 3.07. The Morgan fingerprint density at radius 3 is 2.78 bits per heavy atom. The van der Waals surface area contributed by atoms with Gasteiger partial charge in [-0.15, -0.1) is 5.10 Å². The van der Waals surface area contributed by atoms with Gasteiger partial charge in [-0.05, 0) is 24.8 Å². The number of Topliss-reactive ketones (excluding diaryl/α,β-unsaturated/α-hetero) is 1. The third-order valence-corrected chi connectivity index (χ3v) is 5.47. The highest BCUT2D eigenvalue weighted by Gasteiger charge is 2.28. The van der Waals surface area contributed by atoms with Gasteiger partial charge in [0.25, 0.3) is 5.78 Å². The number of fused-ring (bicyclic) bond motifs is 2. The first-order chi connectivity index (χ1) is 13.0. The van der Waals surface area contributed by atoms with E-state index in [4.69, 9.17) is 0 Å². The predicted molar refractivity (Wildman–Crippen MR) is 100 cm³/mol. The van der Waals surface area contributed by atoms with Gasteiger partial charge in [0, 0.05) is 12.6 Å². The molecule has 0 saturated carbocycles. The summed E-state index contributed by atoms with van der Waals surface area (Å²) in [7, 11) is 1.34. The van der Waals surface area contributed by atoms with Crippen molar-refractivity contribution in [1.82, 2.24) is 19.6 Å². The van der Waals surface area contributed by atoms with Crippen LogP contribution in [-0.4, -0.2) is 44.2 Å². The molecule has 2 heterocycles. The van der Waals surface area contributed by atoms with Crippen molar-refractivity contribution in [2.24, 2.45) is 0 Å². The summed E-state index contributed by atoms with van der Waals surface area (Å²) in [6.45, 7) is 2.05. The number of nitrogens with zero attached hydrogens (tertiary/aromatic N) is 4. The Bertz CT molecular complexity index is 1030. The van der Waals surface area contributed by atoms with E-state index in [9.17, 15) is 9.59 Å². The molecular formula is C19H18N4O3S. The van der Waals surface area contributed by atoms with E-state index in [1.807, 2.05) is 6.92 Å². The Balaban J connectivity index is 1.62. The van der Waals surface area contributed by atoms with Gasteiger partial charge in [-0.25, -0.2) is 9.50 Å². The third-order valence-electron chi connectivity index (χ3n) is 4.66. The van der Waals surface area contributed by atoms with Gasteiger partial charge < -0.3 is 4.74 Å². The first kappa shape index (κ1) is 17.7. The number of methoxy groups -OCH3 is 1. The highest BCUT2D eigenvalue weighted by atomic mass is 32.2. The van der Waals surface area contributed by atoms with Gasteiger partial charge in [-0.2, -0.15) is 4.98 Å². The fourth-order valence-electron chi connectivity index (χ4n) is 3.18. The maximum Gasteiger partial charge on any atom is 0.316 e. The fourth-order valence-corrected chi connectivity index (χ4v) is 3.84. The summed E-state index contributed by atoms with van der Waals surface area (Å²) in [6.07, 6.45) is 2.85. The number of aromatic nitrogens is 4. The third kappa shape index (κ3) is 3.57. The minimum absolute atomic E-state index is 0.0653. The van der Waals surface area contributed by atoms with Gasteiger partial charge in [0.1, 0.15) is 0 Å². The summed E-state index contributed by atoms with van der Waals surface area (Å²) in [4.78, 5) is 32.9. The van der Waals surface area contributed by atoms with E-state index in [1.165, 1.54) is 29.0 Å². The van der Waals surface area contributed by atoms with E-state index in [2.05, 4.69) is 44.1 Å². The van der Waals surface area contributed by atoms with E-state index >= 15 is 0 Å². The highest BCUT2D eigenvalue weighted by Crippen LogP contribution is 2.32. The second-order valence-electron chi connectivity index (χ2n) is 6.54. The zero-order valence-corrected chi connectivity index (χ0v) is 15.8. The largest absolute Gasteiger partial charge is 0.468 e. The number of carbonyl (C=O) groups is 2. The fraction of sp³-hybridized carbons (Fsp3) is 0.316. The van der Waals surface area contributed by atoms with Gasteiger partial charge in [0.15, 0.2) is 5.78 Å². The maximum atomic E-state index is 12.7. The summed E-state index contributed by atoms with van der Waals surface area (Å²) >= 11 is 1.18. The van der Waals surface area contributed by atoms with Crippen molar-refractivity contribution < 1.29 is 14.3 Å². The summed E-state index contributed by atoms with van der Waals surface area (Å²) in [5.41, 5.74) is 3.69. The zero-order valence-electron chi connectivity index (χ0n) is 15.0. The number of hydrogen-bond acceptors (Lipinski definition) is 7. The molecule has 3 aromatic rings. The van der Waals surface area contributed by atoms with E-state index in [0.29, 0.717) is 29.3 Å². The summed E-state index contributed by atoms with van der Waals surface area (Å²) < 4.78 is 6.12. The second-order valence-corrected chi connectivity index (χ2v) is 7.49. The Hall–Kier alpha value is -2.74. The molecule has 8 heteroatoms. The van der Waals surface area contributed by atoms with Gasteiger partial charge >= 0.3 is 5.97 Å². The molecule has 0 amide bonds. The average molecular weight is 382 g/mol. The number of thioether (sulfide) groups is 1. The van der Waals surface area contributed by atoms with Gasteiger partial charge in [0.2, 0.25) is 5.16 Å². The van der Waals surface area contributed by atoms with Crippen LogP contribution in [-0.2, 0) is 16.0 Å². The van der Waals surface area contributed by atoms with Crippen molar-refractivity contribution >= 4 is 29.3 Å². The number of aryl methyl sites for hydroxylation is 1. The summed E-state index contributed by atoms with van der Waals surface area (Å²) in [6, 6.07) is 8.29. The molecule has 7 nitrogen and oxygen atoms in total. The first-order valence-corrected chi connectivity index (χ1v) is 9.57. The lowest BCUT2D eigenvalue weighted by Gasteiger charge is -2.23. The molecule has 27 heavy (non-hydrogen) atoms. The Morgan fingerprint density at radius 2 is 2.04 bits per heavy atom. The Morgan fingerprint density at radius 1 is 1.26 bits per heavy atom. The van der Waals surface area contributed by atoms with Crippen molar-refractivity contribution in [3.8, 4) is 0 Å². The van der Waals surface area contributed by atoms with Crippen LogP contribution in [0.25, 0.3) is 5.78 Å². The molecule has 1 unspecified atom stereocenters. The molecule has 0 bridgehead atoms. The van der Waals surface area contributed by atoms with Crippen LogP contribution in [0.4, 0.5) is 0 Å². The SMILES string of the molecule is COC(=O)CSc1nc2nc3c(cn2n1)C(=O)CC(c1ccc(C)cc1)C3. The number of rotatable bonds is 4. The van der Waals surface area contributed by atoms with E-state index in [1.54, 1.807) is 6.20 Å². The Kier molecular flexibility index (Phi) is 4.65. The lowest BCUT2D eigenvalue weighted by Crippen LogP contribution is -2.21. The van der Waals surface area contributed by atoms with Gasteiger partial charge in [-0.1, -0.05) is 41.6 Å². The molecule has 1 aliphatic rings. The minimum Gasteiger partial charge on any atom is -0.468 e. The highest BCUT2D eigenvalue weighted by molar-refractivity contribution is 7.99. The molecule has 138 valence electrons. The monoisotopic (exact) mass is 382 g/mol. The zero-order chi connectivity index (χ0) is 19.0. The maximum absolute atomic E-state index is 12.7. The molecule has 0 saturated heterocycles. The van der Waals surface area contributed by atoms with Crippen LogP contribution in [0.3, 0.4) is 0 Å². The molecule has 2 aromatic heterocycles. The molecule has 0 radical (unpaired) electrons.